The van der Waals surface area contributed by atoms with E-state index < -0.39 is 18.4 Å². The maximum atomic E-state index is 13.5. The standard InChI is InChI=1S/C36H43NO7/c1-22-5-4-6-24(13-22)19-37-20-25-7-10-35(44-3)29(16-25)28-8-9-32(41)36-30(28)17-26(18-34(36)43)15-27(11-12-38)31(21-39)33(42)14-23(2)40/h4-10,13,16,26-27,31,37-39,41H,11-12,14-15,17-21H2,1-3H3. The second-order valence-corrected chi connectivity index (χ2v) is 12.0. The first-order chi connectivity index (χ1) is 21.1. The van der Waals surface area contributed by atoms with E-state index >= 15 is 0 Å². The molecule has 1 aliphatic carbocycles. The van der Waals surface area contributed by atoms with Crippen molar-refractivity contribution in [3.63, 3.8) is 0 Å². The number of aryl methyl sites for hydroxylation is 1. The largest absolute Gasteiger partial charge is 0.507 e. The molecule has 4 N–H and O–H groups in total. The van der Waals surface area contributed by atoms with Crippen LogP contribution in [0.3, 0.4) is 0 Å². The molecule has 3 aromatic carbocycles. The van der Waals surface area contributed by atoms with E-state index in [1.807, 2.05) is 30.3 Å². The molecular weight excluding hydrogens is 558 g/mol. The zero-order valence-corrected chi connectivity index (χ0v) is 25.8. The van der Waals surface area contributed by atoms with Gasteiger partial charge in [-0.05, 0) is 85.4 Å². The summed E-state index contributed by atoms with van der Waals surface area (Å²) in [6, 6.07) is 17.6. The van der Waals surface area contributed by atoms with Gasteiger partial charge in [0.15, 0.2) is 5.78 Å². The molecule has 0 saturated heterocycles. The normalized spacial score (nSPS) is 15.8. The van der Waals surface area contributed by atoms with Gasteiger partial charge in [-0.1, -0.05) is 42.0 Å². The van der Waals surface area contributed by atoms with Gasteiger partial charge in [-0.3, -0.25) is 14.4 Å². The number of aromatic hydroxyl groups is 1. The molecule has 0 fully saturated rings. The highest BCUT2D eigenvalue weighted by Gasteiger charge is 2.35. The zero-order valence-electron chi connectivity index (χ0n) is 25.8. The van der Waals surface area contributed by atoms with Gasteiger partial charge in [0.1, 0.15) is 23.1 Å². The number of carbonyl (C=O) groups excluding carboxylic acids is 3. The number of rotatable bonds is 15. The summed E-state index contributed by atoms with van der Waals surface area (Å²) in [5.41, 5.74) is 6.05. The number of phenolic OH excluding ortho intramolecular Hbond substituents is 1. The quantitative estimate of drug-likeness (QED) is 0.180. The summed E-state index contributed by atoms with van der Waals surface area (Å²) in [6.07, 6.45) is 1.05. The zero-order chi connectivity index (χ0) is 31.8. The van der Waals surface area contributed by atoms with Crippen LogP contribution in [0.15, 0.2) is 54.6 Å². The van der Waals surface area contributed by atoms with Crippen molar-refractivity contribution >= 4 is 17.3 Å². The molecule has 3 unspecified atom stereocenters. The fourth-order valence-corrected chi connectivity index (χ4v) is 6.52. The summed E-state index contributed by atoms with van der Waals surface area (Å²) < 4.78 is 5.73. The van der Waals surface area contributed by atoms with Gasteiger partial charge in [0, 0.05) is 37.6 Å². The van der Waals surface area contributed by atoms with Crippen LogP contribution in [0.1, 0.15) is 65.2 Å². The lowest BCUT2D eigenvalue weighted by atomic mass is 9.72. The number of Topliss-reactive ketones (excluding diaryl/α,β-unsaturated/α-hetero) is 3. The van der Waals surface area contributed by atoms with Crippen molar-refractivity contribution in [1.82, 2.24) is 5.32 Å². The molecule has 0 amide bonds. The van der Waals surface area contributed by atoms with E-state index in [0.717, 1.165) is 16.7 Å². The number of ether oxygens (including phenoxy) is 1. The summed E-state index contributed by atoms with van der Waals surface area (Å²) in [7, 11) is 1.60. The van der Waals surface area contributed by atoms with Crippen molar-refractivity contribution in [1.29, 1.82) is 0 Å². The molecule has 0 saturated carbocycles. The Morgan fingerprint density at radius 3 is 2.41 bits per heavy atom. The molecule has 4 rings (SSSR count). The fraction of sp³-hybridized carbons (Fsp3) is 0.417. The lowest BCUT2D eigenvalue weighted by Crippen LogP contribution is -2.32. The van der Waals surface area contributed by atoms with E-state index in [0.29, 0.717) is 42.8 Å². The van der Waals surface area contributed by atoms with Gasteiger partial charge in [-0.2, -0.15) is 0 Å². The van der Waals surface area contributed by atoms with Gasteiger partial charge in [0.25, 0.3) is 0 Å². The number of methoxy groups -OCH3 is 1. The Morgan fingerprint density at radius 1 is 1.00 bits per heavy atom. The highest BCUT2D eigenvalue weighted by atomic mass is 16.5. The van der Waals surface area contributed by atoms with Gasteiger partial charge in [-0.25, -0.2) is 0 Å². The van der Waals surface area contributed by atoms with Gasteiger partial charge in [0.2, 0.25) is 0 Å². The molecule has 0 heterocycles. The third-order valence-electron chi connectivity index (χ3n) is 8.57. The predicted molar refractivity (Wildman–Crippen MR) is 169 cm³/mol. The van der Waals surface area contributed by atoms with Crippen LogP contribution in [0.5, 0.6) is 11.5 Å². The van der Waals surface area contributed by atoms with Crippen LogP contribution in [0, 0.1) is 24.7 Å². The van der Waals surface area contributed by atoms with Crippen LogP contribution in [0.25, 0.3) is 11.1 Å². The number of hydrogen-bond donors (Lipinski definition) is 4. The molecule has 44 heavy (non-hydrogen) atoms. The van der Waals surface area contributed by atoms with Crippen LogP contribution >= 0.6 is 0 Å². The second-order valence-electron chi connectivity index (χ2n) is 12.0. The monoisotopic (exact) mass is 601 g/mol. The topological polar surface area (TPSA) is 133 Å². The van der Waals surface area contributed by atoms with Gasteiger partial charge in [0.05, 0.1) is 25.7 Å². The molecule has 3 aromatic rings. The lowest BCUT2D eigenvalue weighted by molar-refractivity contribution is -0.131. The minimum Gasteiger partial charge on any atom is -0.507 e. The van der Waals surface area contributed by atoms with Crippen LogP contribution in [-0.2, 0) is 29.1 Å². The number of nitrogens with one attached hydrogen (secondary N) is 1. The molecule has 0 radical (unpaired) electrons. The van der Waals surface area contributed by atoms with E-state index in [9.17, 15) is 29.7 Å². The predicted octanol–water partition coefficient (Wildman–Crippen LogP) is 4.96. The van der Waals surface area contributed by atoms with Crippen molar-refractivity contribution in [3.8, 4) is 22.6 Å². The number of hydrogen-bond acceptors (Lipinski definition) is 8. The average molecular weight is 602 g/mol. The number of fused-ring (bicyclic) bond motifs is 1. The minimum absolute atomic E-state index is 0.0704. The molecule has 0 aromatic heterocycles. The van der Waals surface area contributed by atoms with E-state index in [1.165, 1.54) is 18.1 Å². The fourth-order valence-electron chi connectivity index (χ4n) is 6.52. The van der Waals surface area contributed by atoms with E-state index in [2.05, 4.69) is 30.4 Å². The number of phenols is 1. The van der Waals surface area contributed by atoms with Crippen molar-refractivity contribution in [3.05, 3.63) is 82.4 Å². The van der Waals surface area contributed by atoms with E-state index in [4.69, 9.17) is 4.74 Å². The number of carbonyl (C=O) groups is 3. The number of aliphatic hydroxyl groups is 2. The third kappa shape index (κ3) is 8.00. The minimum atomic E-state index is -0.796. The van der Waals surface area contributed by atoms with Crippen molar-refractivity contribution in [2.75, 3.05) is 20.3 Å². The Morgan fingerprint density at radius 2 is 1.75 bits per heavy atom. The summed E-state index contributed by atoms with van der Waals surface area (Å²) in [6.45, 7) is 4.13. The summed E-state index contributed by atoms with van der Waals surface area (Å²) in [5, 5.41) is 34.1. The first-order valence-corrected chi connectivity index (χ1v) is 15.2. The Kier molecular flexibility index (Phi) is 11.4. The van der Waals surface area contributed by atoms with E-state index in [-0.39, 0.29) is 54.9 Å². The highest BCUT2D eigenvalue weighted by molar-refractivity contribution is 6.03. The Bertz CT molecular complexity index is 1500. The molecule has 1 aliphatic rings. The first kappa shape index (κ1) is 33.1. The number of ketones is 3. The van der Waals surface area contributed by atoms with Crippen LogP contribution in [0.4, 0.5) is 0 Å². The van der Waals surface area contributed by atoms with Crippen molar-refractivity contribution in [2.45, 2.75) is 59.0 Å². The Labute approximate surface area is 259 Å². The third-order valence-corrected chi connectivity index (χ3v) is 8.57. The van der Waals surface area contributed by atoms with Crippen LogP contribution in [-0.4, -0.2) is 53.0 Å². The maximum Gasteiger partial charge on any atom is 0.167 e. The lowest BCUT2D eigenvalue weighted by Gasteiger charge is -2.32. The summed E-state index contributed by atoms with van der Waals surface area (Å²) in [4.78, 5) is 37.9. The number of aliphatic hydroxyl groups excluding tert-OH is 2. The van der Waals surface area contributed by atoms with Gasteiger partial charge >= 0.3 is 0 Å². The van der Waals surface area contributed by atoms with Crippen molar-refractivity contribution in [2.24, 2.45) is 17.8 Å². The molecule has 0 aliphatic heterocycles. The molecule has 234 valence electrons. The number of benzene rings is 3. The van der Waals surface area contributed by atoms with Gasteiger partial charge < -0.3 is 25.4 Å². The molecule has 3 atom stereocenters. The van der Waals surface area contributed by atoms with Crippen LogP contribution < -0.4 is 10.1 Å². The summed E-state index contributed by atoms with van der Waals surface area (Å²) in [5.74, 6) is -1.62. The molecule has 0 bridgehead atoms. The maximum absolute atomic E-state index is 13.5. The molecule has 8 heteroatoms. The Balaban J connectivity index is 1.62. The first-order valence-electron chi connectivity index (χ1n) is 15.2. The molecule has 0 spiro atoms. The van der Waals surface area contributed by atoms with Crippen molar-refractivity contribution < 1.29 is 34.4 Å². The summed E-state index contributed by atoms with van der Waals surface area (Å²) >= 11 is 0. The highest BCUT2D eigenvalue weighted by Crippen LogP contribution is 2.43. The second kappa shape index (κ2) is 15.2. The van der Waals surface area contributed by atoms with Crippen LogP contribution in [0.2, 0.25) is 0 Å². The Hall–Kier alpha value is -3.85. The SMILES string of the molecule is COc1ccc(CNCc2cccc(C)c2)cc1-c1ccc(O)c2c1CC(CC(CCO)C(CO)C(=O)CC(C)=O)CC2=O. The average Bonchev–Trinajstić information content (AvgIpc) is 2.97. The molecule has 8 nitrogen and oxygen atoms in total. The van der Waals surface area contributed by atoms with Gasteiger partial charge in [-0.15, -0.1) is 0 Å². The molecular formula is C36H43NO7. The van der Waals surface area contributed by atoms with E-state index in [1.54, 1.807) is 13.2 Å². The smallest absolute Gasteiger partial charge is 0.167 e.